The van der Waals surface area contributed by atoms with Gasteiger partial charge < -0.3 is 4.57 Å². The van der Waals surface area contributed by atoms with E-state index in [1.54, 1.807) is 0 Å². The molecule has 1 aliphatic rings. The number of pyridine rings is 2. The van der Waals surface area contributed by atoms with E-state index in [0.29, 0.717) is 0 Å². The van der Waals surface area contributed by atoms with Gasteiger partial charge in [-0.1, -0.05) is 72.8 Å². The van der Waals surface area contributed by atoms with Crippen LogP contribution in [0, 0.1) is 0 Å². The van der Waals surface area contributed by atoms with Gasteiger partial charge in [0.05, 0.1) is 33.6 Å². The molecule has 0 spiro atoms. The topological polar surface area (TPSA) is 34.0 Å². The lowest BCUT2D eigenvalue weighted by Crippen LogP contribution is -2.12. The summed E-state index contributed by atoms with van der Waals surface area (Å²) < 4.78 is 2.21. The van der Waals surface area contributed by atoms with Crippen molar-refractivity contribution in [1.29, 1.82) is 0 Å². The smallest absolute Gasteiger partial charge is 0.138 e. The lowest BCUT2D eigenvalue weighted by Gasteiger charge is -2.26. The van der Waals surface area contributed by atoms with E-state index in [2.05, 4.69) is 131 Å². The van der Waals surface area contributed by atoms with Gasteiger partial charge in [0.25, 0.3) is 0 Å². The molecule has 0 atom stereocenters. The van der Waals surface area contributed by atoms with Gasteiger partial charge in [-0.15, -0.1) is 0 Å². The molecule has 4 aromatic carbocycles. The van der Waals surface area contributed by atoms with Crippen LogP contribution in [0.25, 0.3) is 50.0 Å². The highest BCUT2D eigenvalue weighted by Crippen LogP contribution is 2.50. The van der Waals surface area contributed by atoms with Gasteiger partial charge in [0, 0.05) is 34.0 Å². The van der Waals surface area contributed by atoms with Crippen LogP contribution in [0.5, 0.6) is 0 Å². The van der Waals surface area contributed by atoms with E-state index in [1.165, 1.54) is 0 Å². The Hall–Kier alpha value is -5.22. The number of rotatable bonds is 2. The standard InChI is InChI=1S/C34H22N4/c1-2-11-24(12-3-1)37-21-20-29-32(37)22-27-25-13-5-8-16-30(25)38(31-17-9-6-14-26(31)34(27)36-29)33-19-18-23-10-4-7-15-28(23)35-33/h1-22H. The van der Waals surface area contributed by atoms with Crippen molar-refractivity contribution in [2.75, 3.05) is 4.90 Å². The predicted octanol–water partition coefficient (Wildman–Crippen LogP) is 8.69. The fourth-order valence-electron chi connectivity index (χ4n) is 5.60. The normalized spacial score (nSPS) is 12.2. The molecule has 8 rings (SSSR count). The van der Waals surface area contributed by atoms with Gasteiger partial charge in [-0.2, -0.15) is 0 Å². The maximum atomic E-state index is 5.27. The zero-order valence-corrected chi connectivity index (χ0v) is 20.5. The molecule has 178 valence electrons. The fourth-order valence-corrected chi connectivity index (χ4v) is 5.60. The van der Waals surface area contributed by atoms with Gasteiger partial charge >= 0.3 is 0 Å². The van der Waals surface area contributed by atoms with Gasteiger partial charge in [-0.25, -0.2) is 9.97 Å². The molecular formula is C34H22N4. The van der Waals surface area contributed by atoms with Crippen molar-refractivity contribution in [3.05, 3.63) is 134 Å². The summed E-state index contributed by atoms with van der Waals surface area (Å²) >= 11 is 0. The number of para-hydroxylation sites is 4. The molecule has 4 heteroatoms. The van der Waals surface area contributed by atoms with E-state index in [-0.39, 0.29) is 0 Å². The van der Waals surface area contributed by atoms with E-state index in [0.717, 1.165) is 67.2 Å². The molecular weight excluding hydrogens is 464 g/mol. The first-order valence-corrected chi connectivity index (χ1v) is 12.8. The van der Waals surface area contributed by atoms with Crippen molar-refractivity contribution in [2.45, 2.75) is 0 Å². The third-order valence-electron chi connectivity index (χ3n) is 7.35. The zero-order valence-electron chi connectivity index (χ0n) is 20.5. The summed E-state index contributed by atoms with van der Waals surface area (Å²) in [5, 5.41) is 1.13. The third kappa shape index (κ3) is 3.10. The van der Waals surface area contributed by atoms with E-state index in [4.69, 9.17) is 9.97 Å². The molecule has 1 aliphatic heterocycles. The number of aromatic nitrogens is 3. The Morgan fingerprint density at radius 1 is 0.500 bits per heavy atom. The Labute approximate surface area is 220 Å². The number of fused-ring (bicyclic) bond motifs is 7. The molecule has 0 aliphatic carbocycles. The van der Waals surface area contributed by atoms with Crippen LogP contribution in [0.15, 0.2) is 134 Å². The van der Waals surface area contributed by atoms with Crippen molar-refractivity contribution in [3.8, 4) is 28.1 Å². The maximum Gasteiger partial charge on any atom is 0.138 e. The van der Waals surface area contributed by atoms with Gasteiger partial charge in [-0.05, 0) is 54.6 Å². The minimum atomic E-state index is 0.884. The molecule has 3 aromatic heterocycles. The van der Waals surface area contributed by atoms with Crippen LogP contribution in [0.4, 0.5) is 17.2 Å². The van der Waals surface area contributed by atoms with Crippen LogP contribution in [0.1, 0.15) is 0 Å². The molecule has 0 amide bonds. The zero-order chi connectivity index (χ0) is 25.1. The van der Waals surface area contributed by atoms with E-state index < -0.39 is 0 Å². The summed E-state index contributed by atoms with van der Waals surface area (Å²) in [6.07, 6.45) is 2.11. The van der Waals surface area contributed by atoms with Crippen molar-refractivity contribution in [2.24, 2.45) is 0 Å². The van der Waals surface area contributed by atoms with Gasteiger partial charge in [0.2, 0.25) is 0 Å². The van der Waals surface area contributed by atoms with Crippen LogP contribution in [0.3, 0.4) is 0 Å². The fraction of sp³-hybridized carbons (Fsp3) is 0. The Morgan fingerprint density at radius 3 is 2.08 bits per heavy atom. The SMILES string of the molecule is c1ccc(-n2ccc3nc4c(cc32)-c2ccccc2N(c2ccc3ccccc3n2)c2ccccc2-4)cc1. The lowest BCUT2D eigenvalue weighted by atomic mass is 9.99. The van der Waals surface area contributed by atoms with Crippen LogP contribution in [-0.2, 0) is 0 Å². The van der Waals surface area contributed by atoms with E-state index >= 15 is 0 Å². The molecule has 7 aromatic rings. The number of anilines is 3. The highest BCUT2D eigenvalue weighted by atomic mass is 15.2. The van der Waals surface area contributed by atoms with Crippen molar-refractivity contribution in [3.63, 3.8) is 0 Å². The second kappa shape index (κ2) is 8.15. The average Bonchev–Trinajstić information content (AvgIpc) is 3.36. The minimum Gasteiger partial charge on any atom is -0.315 e. The number of hydrogen-bond donors (Lipinski definition) is 0. The Bertz CT molecular complexity index is 1990. The molecule has 4 heterocycles. The molecule has 0 N–H and O–H groups in total. The number of hydrogen-bond acceptors (Lipinski definition) is 3. The van der Waals surface area contributed by atoms with E-state index in [9.17, 15) is 0 Å². The molecule has 0 radical (unpaired) electrons. The van der Waals surface area contributed by atoms with Gasteiger partial charge in [-0.3, -0.25) is 4.90 Å². The molecule has 4 nitrogen and oxygen atoms in total. The van der Waals surface area contributed by atoms with Crippen LogP contribution < -0.4 is 4.90 Å². The summed E-state index contributed by atoms with van der Waals surface area (Å²) in [6, 6.07) is 44.4. The molecule has 0 fully saturated rings. The maximum absolute atomic E-state index is 5.27. The Kier molecular flexibility index (Phi) is 4.49. The quantitative estimate of drug-likeness (QED) is 0.245. The largest absolute Gasteiger partial charge is 0.315 e. The summed E-state index contributed by atoms with van der Waals surface area (Å²) in [4.78, 5) is 12.6. The average molecular weight is 487 g/mol. The minimum absolute atomic E-state index is 0.884. The van der Waals surface area contributed by atoms with Crippen LogP contribution >= 0.6 is 0 Å². The number of benzene rings is 4. The molecule has 0 saturated heterocycles. The first-order chi connectivity index (χ1) is 18.8. The monoisotopic (exact) mass is 486 g/mol. The third-order valence-corrected chi connectivity index (χ3v) is 7.35. The number of nitrogens with zero attached hydrogens (tertiary/aromatic N) is 4. The summed E-state index contributed by atoms with van der Waals surface area (Å²) in [5.41, 5.74) is 10.6. The van der Waals surface area contributed by atoms with Gasteiger partial charge in [0.15, 0.2) is 0 Å². The Balaban J connectivity index is 1.44. The van der Waals surface area contributed by atoms with Crippen molar-refractivity contribution >= 4 is 39.1 Å². The Morgan fingerprint density at radius 2 is 1.21 bits per heavy atom. The summed E-state index contributed by atoms with van der Waals surface area (Å²) in [5.74, 6) is 0.884. The lowest BCUT2D eigenvalue weighted by molar-refractivity contribution is 1.13. The highest BCUT2D eigenvalue weighted by Gasteiger charge is 2.28. The molecule has 0 saturated carbocycles. The highest BCUT2D eigenvalue weighted by molar-refractivity contribution is 6.03. The first kappa shape index (κ1) is 20.9. The molecule has 38 heavy (non-hydrogen) atoms. The summed E-state index contributed by atoms with van der Waals surface area (Å²) in [7, 11) is 0. The molecule has 0 bridgehead atoms. The first-order valence-electron chi connectivity index (χ1n) is 12.8. The predicted molar refractivity (Wildman–Crippen MR) is 155 cm³/mol. The second-order valence-corrected chi connectivity index (χ2v) is 9.54. The summed E-state index contributed by atoms with van der Waals surface area (Å²) in [6.45, 7) is 0. The second-order valence-electron chi connectivity index (χ2n) is 9.54. The van der Waals surface area contributed by atoms with Crippen LogP contribution in [-0.4, -0.2) is 14.5 Å². The van der Waals surface area contributed by atoms with Crippen molar-refractivity contribution in [1.82, 2.24) is 14.5 Å². The molecule has 0 unspecified atom stereocenters. The van der Waals surface area contributed by atoms with Crippen LogP contribution in [0.2, 0.25) is 0 Å². The van der Waals surface area contributed by atoms with Gasteiger partial charge in [0.1, 0.15) is 5.82 Å². The van der Waals surface area contributed by atoms with E-state index in [1.807, 2.05) is 12.1 Å². The van der Waals surface area contributed by atoms with Crippen molar-refractivity contribution < 1.29 is 0 Å².